The van der Waals surface area contributed by atoms with Gasteiger partial charge < -0.3 is 4.90 Å². The molecule has 2 aromatic heterocycles. The van der Waals surface area contributed by atoms with Gasteiger partial charge in [-0.05, 0) is 24.6 Å². The third-order valence-corrected chi connectivity index (χ3v) is 4.71. The highest BCUT2D eigenvalue weighted by atomic mass is 32.1. The summed E-state index contributed by atoms with van der Waals surface area (Å²) in [5.41, 5.74) is 2.22. The van der Waals surface area contributed by atoms with Crippen molar-refractivity contribution in [1.29, 1.82) is 0 Å². The van der Waals surface area contributed by atoms with E-state index in [9.17, 15) is 0 Å². The minimum Gasteiger partial charge on any atom is -0.343 e. The average Bonchev–Trinajstić information content (AvgIpc) is 3.25. The minimum absolute atomic E-state index is 0.216. The van der Waals surface area contributed by atoms with Gasteiger partial charge in [-0.15, -0.1) is 0 Å². The van der Waals surface area contributed by atoms with Crippen LogP contribution in [0.25, 0.3) is 5.69 Å². The lowest BCUT2D eigenvalue weighted by molar-refractivity contribution is 0.727. The van der Waals surface area contributed by atoms with E-state index in [4.69, 9.17) is 0 Å². The van der Waals surface area contributed by atoms with Gasteiger partial charge in [0.1, 0.15) is 18.5 Å². The highest BCUT2D eigenvalue weighted by Crippen LogP contribution is 2.28. The van der Waals surface area contributed by atoms with Crippen LogP contribution in [0.15, 0.2) is 36.9 Å². The maximum atomic E-state index is 4.63. The maximum Gasteiger partial charge on any atom is 0.205 e. The molecule has 1 aromatic carbocycles. The van der Waals surface area contributed by atoms with Crippen molar-refractivity contribution < 1.29 is 0 Å². The summed E-state index contributed by atoms with van der Waals surface area (Å²) in [5, 5.41) is 5.09. The molecule has 6 nitrogen and oxygen atoms in total. The van der Waals surface area contributed by atoms with Gasteiger partial charge >= 0.3 is 0 Å². The Bertz CT molecular complexity index is 747. The highest BCUT2D eigenvalue weighted by molar-refractivity contribution is 7.09. The van der Waals surface area contributed by atoms with E-state index in [0.29, 0.717) is 5.92 Å². The quantitative estimate of drug-likeness (QED) is 0.718. The number of rotatable bonds is 5. The largest absolute Gasteiger partial charge is 0.343 e. The van der Waals surface area contributed by atoms with Crippen LogP contribution in [0, 0.1) is 0 Å². The van der Waals surface area contributed by atoms with E-state index in [-0.39, 0.29) is 6.04 Å². The fraction of sp³-hybridized carbons (Fsp3) is 0.375. The second-order valence-corrected chi connectivity index (χ2v) is 6.54. The lowest BCUT2D eigenvalue weighted by Crippen LogP contribution is -2.21. The second kappa shape index (κ2) is 6.45. The van der Waals surface area contributed by atoms with Crippen LogP contribution in [0.2, 0.25) is 0 Å². The number of hydrogen-bond acceptors (Lipinski definition) is 6. The van der Waals surface area contributed by atoms with E-state index < -0.39 is 0 Å². The molecule has 7 heteroatoms. The molecule has 0 bridgehead atoms. The molecule has 2 heterocycles. The fourth-order valence-corrected chi connectivity index (χ4v) is 3.09. The predicted molar refractivity (Wildman–Crippen MR) is 92.2 cm³/mol. The van der Waals surface area contributed by atoms with Crippen molar-refractivity contribution in [2.75, 3.05) is 11.9 Å². The maximum absolute atomic E-state index is 4.63. The zero-order valence-electron chi connectivity index (χ0n) is 13.7. The monoisotopic (exact) mass is 328 g/mol. The molecule has 1 unspecified atom stereocenters. The Kier molecular flexibility index (Phi) is 4.38. The second-order valence-electron chi connectivity index (χ2n) is 5.81. The smallest absolute Gasteiger partial charge is 0.205 e. The van der Waals surface area contributed by atoms with E-state index in [1.54, 1.807) is 11.0 Å². The Balaban J connectivity index is 1.77. The highest BCUT2D eigenvalue weighted by Gasteiger charge is 2.17. The molecule has 0 N–H and O–H groups in total. The van der Waals surface area contributed by atoms with Crippen LogP contribution in [-0.4, -0.2) is 31.2 Å². The van der Waals surface area contributed by atoms with Crippen molar-refractivity contribution in [2.24, 2.45) is 0 Å². The topological polar surface area (TPSA) is 59.7 Å². The molecular weight excluding hydrogens is 308 g/mol. The first-order valence-electron chi connectivity index (χ1n) is 7.57. The summed E-state index contributed by atoms with van der Waals surface area (Å²) in [7, 11) is 2.06. The van der Waals surface area contributed by atoms with Crippen LogP contribution >= 0.6 is 11.5 Å². The summed E-state index contributed by atoms with van der Waals surface area (Å²) in [6.07, 6.45) is 3.23. The third-order valence-electron chi connectivity index (χ3n) is 3.89. The molecule has 0 amide bonds. The summed E-state index contributed by atoms with van der Waals surface area (Å²) >= 11 is 1.45. The van der Waals surface area contributed by atoms with Gasteiger partial charge in [0.15, 0.2) is 0 Å². The summed E-state index contributed by atoms with van der Waals surface area (Å²) in [5.74, 6) is 1.26. The zero-order chi connectivity index (χ0) is 16.4. The van der Waals surface area contributed by atoms with Gasteiger partial charge in [0, 0.05) is 24.5 Å². The van der Waals surface area contributed by atoms with E-state index in [1.807, 2.05) is 12.1 Å². The molecule has 0 aliphatic carbocycles. The van der Waals surface area contributed by atoms with Gasteiger partial charge in [-0.3, -0.25) is 0 Å². The lowest BCUT2D eigenvalue weighted by atomic mass is 10.1. The zero-order valence-corrected chi connectivity index (χ0v) is 14.5. The summed E-state index contributed by atoms with van der Waals surface area (Å²) in [6.45, 7) is 6.39. The number of nitrogens with zero attached hydrogens (tertiary/aromatic N) is 6. The Hall–Kier alpha value is -2.28. The van der Waals surface area contributed by atoms with Crippen molar-refractivity contribution in [3.8, 4) is 5.69 Å². The van der Waals surface area contributed by atoms with E-state index >= 15 is 0 Å². The average molecular weight is 328 g/mol. The van der Waals surface area contributed by atoms with Gasteiger partial charge in [-0.2, -0.15) is 9.47 Å². The van der Waals surface area contributed by atoms with Gasteiger partial charge in [-0.1, -0.05) is 26.0 Å². The van der Waals surface area contributed by atoms with Crippen molar-refractivity contribution in [2.45, 2.75) is 32.7 Å². The standard InChI is InChI=1S/C16H20N6S/c1-11(2)15-19-16(23-20-15)21(4)12(3)13-5-7-14(8-6-13)22-10-17-9-18-22/h5-12H,1-4H3. The van der Waals surface area contributed by atoms with Crippen LogP contribution < -0.4 is 4.90 Å². The first-order chi connectivity index (χ1) is 11.1. The van der Waals surface area contributed by atoms with Crippen LogP contribution in [0.1, 0.15) is 44.1 Å². The number of hydrogen-bond donors (Lipinski definition) is 0. The van der Waals surface area contributed by atoms with Crippen LogP contribution in [0.3, 0.4) is 0 Å². The third kappa shape index (κ3) is 3.24. The van der Waals surface area contributed by atoms with Crippen LogP contribution in [0.4, 0.5) is 5.13 Å². The molecule has 0 spiro atoms. The summed E-state index contributed by atoms with van der Waals surface area (Å²) < 4.78 is 6.18. The van der Waals surface area contributed by atoms with Gasteiger partial charge in [0.05, 0.1) is 11.7 Å². The molecule has 0 saturated carbocycles. The molecule has 23 heavy (non-hydrogen) atoms. The molecule has 3 rings (SSSR count). The lowest BCUT2D eigenvalue weighted by Gasteiger charge is -2.24. The minimum atomic E-state index is 0.216. The Morgan fingerprint density at radius 2 is 1.87 bits per heavy atom. The molecule has 1 atom stereocenters. The van der Waals surface area contributed by atoms with E-state index in [1.165, 1.54) is 23.4 Å². The van der Waals surface area contributed by atoms with Crippen molar-refractivity contribution in [1.82, 2.24) is 24.1 Å². The SMILES string of the molecule is CC(C)c1nsc(N(C)C(C)c2ccc(-n3cncn3)cc2)n1. The molecule has 0 aliphatic heterocycles. The van der Waals surface area contributed by atoms with E-state index in [0.717, 1.165) is 16.6 Å². The first kappa shape index (κ1) is 15.6. The Labute approximate surface area is 140 Å². The Morgan fingerprint density at radius 1 is 1.13 bits per heavy atom. The molecule has 0 saturated heterocycles. The van der Waals surface area contributed by atoms with Crippen LogP contribution in [0.5, 0.6) is 0 Å². The predicted octanol–water partition coefficient (Wildman–Crippen LogP) is 3.44. The molecule has 3 aromatic rings. The molecule has 0 aliphatic rings. The molecule has 0 fully saturated rings. The summed E-state index contributed by atoms with van der Waals surface area (Å²) in [4.78, 5) is 10.8. The normalized spacial score (nSPS) is 12.6. The van der Waals surface area contributed by atoms with Gasteiger partial charge in [-0.25, -0.2) is 14.6 Å². The van der Waals surface area contributed by atoms with Crippen molar-refractivity contribution in [3.05, 3.63) is 48.3 Å². The van der Waals surface area contributed by atoms with Crippen molar-refractivity contribution in [3.63, 3.8) is 0 Å². The Morgan fingerprint density at radius 3 is 2.43 bits per heavy atom. The van der Waals surface area contributed by atoms with Crippen molar-refractivity contribution >= 4 is 16.7 Å². The van der Waals surface area contributed by atoms with Gasteiger partial charge in [0.25, 0.3) is 0 Å². The fourth-order valence-electron chi connectivity index (χ4n) is 2.24. The van der Waals surface area contributed by atoms with E-state index in [2.05, 4.69) is 64.3 Å². The summed E-state index contributed by atoms with van der Waals surface area (Å²) in [6, 6.07) is 8.54. The molecule has 0 radical (unpaired) electrons. The number of benzene rings is 1. The number of anilines is 1. The first-order valence-corrected chi connectivity index (χ1v) is 8.35. The van der Waals surface area contributed by atoms with Crippen LogP contribution in [-0.2, 0) is 0 Å². The molecule has 120 valence electrons. The molecular formula is C16H20N6S. The van der Waals surface area contributed by atoms with Gasteiger partial charge in [0.2, 0.25) is 5.13 Å². The number of aromatic nitrogens is 5.